The summed E-state index contributed by atoms with van der Waals surface area (Å²) in [5.41, 5.74) is 10.7. The maximum Gasteiger partial charge on any atom is 0.307 e. The number of carboxylic acid groups (broad SMARTS) is 1. The highest BCUT2D eigenvalue weighted by atomic mass is 16.5. The van der Waals surface area contributed by atoms with Gasteiger partial charge >= 0.3 is 5.97 Å². The Balaban J connectivity index is 1.71. The molecule has 0 bridgehead atoms. The number of hydrogen-bond donors (Lipinski definition) is 3. The van der Waals surface area contributed by atoms with Gasteiger partial charge in [0.05, 0.1) is 13.5 Å². The van der Waals surface area contributed by atoms with Gasteiger partial charge in [-0.05, 0) is 41.0 Å². The molecule has 0 saturated carbocycles. The molecule has 7 nitrogen and oxygen atoms in total. The van der Waals surface area contributed by atoms with Crippen molar-refractivity contribution in [3.8, 4) is 22.6 Å². The molecule has 1 aromatic heterocycles. The van der Waals surface area contributed by atoms with Crippen LogP contribution in [0.15, 0.2) is 65.1 Å². The maximum atomic E-state index is 11.3. The van der Waals surface area contributed by atoms with E-state index in [0.717, 1.165) is 22.1 Å². The second-order valence-corrected chi connectivity index (χ2v) is 7.61. The second kappa shape index (κ2) is 9.77. The minimum atomic E-state index is -0.959. The van der Waals surface area contributed by atoms with Crippen LogP contribution in [0.3, 0.4) is 0 Å². The Bertz CT molecular complexity index is 1290. The van der Waals surface area contributed by atoms with Crippen molar-refractivity contribution in [2.45, 2.75) is 26.2 Å². The third kappa shape index (κ3) is 4.84. The van der Waals surface area contributed by atoms with Crippen LogP contribution >= 0.6 is 0 Å². The summed E-state index contributed by atoms with van der Waals surface area (Å²) in [6.45, 7) is 0.259. The molecule has 0 fully saturated rings. The number of methoxy groups -OCH3 is 1. The second-order valence-electron chi connectivity index (χ2n) is 7.61. The number of carbonyl (C=O) groups is 1. The van der Waals surface area contributed by atoms with Crippen LogP contribution in [0.5, 0.6) is 11.5 Å². The number of benzene rings is 3. The molecule has 4 rings (SSSR count). The summed E-state index contributed by atoms with van der Waals surface area (Å²) < 4.78 is 17.1. The quantitative estimate of drug-likeness (QED) is 0.351. The van der Waals surface area contributed by atoms with Crippen LogP contribution in [-0.4, -0.2) is 23.3 Å². The smallest absolute Gasteiger partial charge is 0.307 e. The van der Waals surface area contributed by atoms with Crippen molar-refractivity contribution < 1.29 is 28.9 Å². The fourth-order valence-corrected chi connectivity index (χ4v) is 3.80. The first-order valence-corrected chi connectivity index (χ1v) is 10.5. The van der Waals surface area contributed by atoms with Gasteiger partial charge in [0.25, 0.3) is 0 Å². The van der Waals surface area contributed by atoms with E-state index in [0.29, 0.717) is 40.5 Å². The molecule has 3 aromatic carbocycles. The molecule has 0 spiro atoms. The van der Waals surface area contributed by atoms with Gasteiger partial charge in [0, 0.05) is 29.1 Å². The fraction of sp³-hybridized carbons (Fsp3) is 0.192. The van der Waals surface area contributed by atoms with Crippen molar-refractivity contribution in [2.75, 3.05) is 7.11 Å². The molecule has 0 saturated heterocycles. The predicted molar refractivity (Wildman–Crippen MR) is 124 cm³/mol. The molecule has 0 aliphatic carbocycles. The Labute approximate surface area is 191 Å². The number of aliphatic carboxylic acids is 1. The number of aliphatic hydroxyl groups excluding tert-OH is 1. The van der Waals surface area contributed by atoms with Gasteiger partial charge in [-0.15, -0.1) is 0 Å². The van der Waals surface area contributed by atoms with Crippen LogP contribution < -0.4 is 15.2 Å². The van der Waals surface area contributed by atoms with E-state index in [2.05, 4.69) is 0 Å². The van der Waals surface area contributed by atoms with E-state index in [1.807, 2.05) is 42.5 Å². The number of ether oxygens (including phenoxy) is 2. The number of nitrogens with two attached hydrogens (primary N) is 1. The molecule has 0 aliphatic rings. The van der Waals surface area contributed by atoms with E-state index < -0.39 is 5.97 Å². The fourth-order valence-electron chi connectivity index (χ4n) is 3.80. The number of carboxylic acids is 1. The van der Waals surface area contributed by atoms with Crippen molar-refractivity contribution in [3.63, 3.8) is 0 Å². The minimum absolute atomic E-state index is 0.0922. The Morgan fingerprint density at radius 1 is 1.06 bits per heavy atom. The van der Waals surface area contributed by atoms with E-state index >= 15 is 0 Å². The molecule has 33 heavy (non-hydrogen) atoms. The van der Waals surface area contributed by atoms with Crippen LogP contribution in [0, 0.1) is 0 Å². The van der Waals surface area contributed by atoms with Crippen LogP contribution in [0.4, 0.5) is 0 Å². The molecular weight excluding hydrogens is 422 g/mol. The van der Waals surface area contributed by atoms with Crippen LogP contribution in [0.1, 0.15) is 22.5 Å². The summed E-state index contributed by atoms with van der Waals surface area (Å²) in [5.74, 6) is 0.405. The Kier molecular flexibility index (Phi) is 6.63. The molecule has 1 heterocycles. The minimum Gasteiger partial charge on any atom is -0.497 e. The van der Waals surface area contributed by atoms with E-state index in [1.54, 1.807) is 18.2 Å². The molecule has 4 N–H and O–H groups in total. The third-order valence-electron chi connectivity index (χ3n) is 5.50. The Morgan fingerprint density at radius 2 is 1.88 bits per heavy atom. The first-order valence-electron chi connectivity index (χ1n) is 10.5. The third-order valence-corrected chi connectivity index (χ3v) is 5.50. The van der Waals surface area contributed by atoms with Crippen molar-refractivity contribution in [1.82, 2.24) is 0 Å². The van der Waals surface area contributed by atoms with Gasteiger partial charge in [-0.1, -0.05) is 30.3 Å². The molecule has 170 valence electrons. The topological polar surface area (TPSA) is 115 Å². The van der Waals surface area contributed by atoms with Gasteiger partial charge in [0.2, 0.25) is 0 Å². The highest BCUT2D eigenvalue weighted by Gasteiger charge is 2.17. The summed E-state index contributed by atoms with van der Waals surface area (Å²) in [6.07, 6.45) is -0.181. The number of fused-ring (bicyclic) bond motifs is 1. The van der Waals surface area contributed by atoms with Crippen molar-refractivity contribution in [1.29, 1.82) is 0 Å². The molecule has 0 radical (unpaired) electrons. The summed E-state index contributed by atoms with van der Waals surface area (Å²) in [7, 11) is 1.53. The zero-order valence-corrected chi connectivity index (χ0v) is 18.2. The summed E-state index contributed by atoms with van der Waals surface area (Å²) in [6, 6.07) is 18.8. The SMILES string of the molecule is COc1ccc(CC(=O)O)c(OCc2c(CO)oc3ccc(-c4cccc(CN)c4)cc23)c1. The van der Waals surface area contributed by atoms with Crippen LogP contribution in [0.25, 0.3) is 22.1 Å². The first-order chi connectivity index (χ1) is 16.0. The van der Waals surface area contributed by atoms with E-state index in [1.165, 1.54) is 7.11 Å². The molecular formula is C26H25NO6. The van der Waals surface area contributed by atoms with Crippen LogP contribution in [0.2, 0.25) is 0 Å². The summed E-state index contributed by atoms with van der Waals surface area (Å²) >= 11 is 0. The van der Waals surface area contributed by atoms with Gasteiger partial charge in [-0.2, -0.15) is 0 Å². The lowest BCUT2D eigenvalue weighted by molar-refractivity contribution is -0.136. The number of aliphatic hydroxyl groups is 1. The zero-order chi connectivity index (χ0) is 23.4. The van der Waals surface area contributed by atoms with Gasteiger partial charge in [-0.25, -0.2) is 0 Å². The highest BCUT2D eigenvalue weighted by Crippen LogP contribution is 2.33. The molecule has 0 aliphatic heterocycles. The maximum absolute atomic E-state index is 11.3. The lowest BCUT2D eigenvalue weighted by atomic mass is 10.0. The van der Waals surface area contributed by atoms with Crippen LogP contribution in [-0.2, 0) is 31.0 Å². The average molecular weight is 447 g/mol. The lowest BCUT2D eigenvalue weighted by Gasteiger charge is -2.12. The predicted octanol–water partition coefficient (Wildman–Crippen LogP) is 4.27. The average Bonchev–Trinajstić information content (AvgIpc) is 3.20. The number of furan rings is 1. The monoisotopic (exact) mass is 447 g/mol. The number of hydrogen-bond acceptors (Lipinski definition) is 6. The summed E-state index contributed by atoms with van der Waals surface area (Å²) in [5, 5.41) is 19.9. The van der Waals surface area contributed by atoms with E-state index in [9.17, 15) is 15.0 Å². The molecule has 4 aromatic rings. The van der Waals surface area contributed by atoms with E-state index in [-0.39, 0.29) is 19.6 Å². The van der Waals surface area contributed by atoms with Gasteiger partial charge in [0.1, 0.15) is 36.1 Å². The zero-order valence-electron chi connectivity index (χ0n) is 18.2. The molecule has 7 heteroatoms. The molecule has 0 amide bonds. The van der Waals surface area contributed by atoms with Gasteiger partial charge < -0.3 is 29.8 Å². The Hall–Kier alpha value is -3.81. The van der Waals surface area contributed by atoms with E-state index in [4.69, 9.17) is 19.6 Å². The largest absolute Gasteiger partial charge is 0.497 e. The standard InChI is InChI=1S/C26H25NO6/c1-31-20-7-5-19(11-26(29)30)24(12-20)32-15-22-21-10-18(6-8-23(21)33-25(22)14-28)17-4-2-3-16(9-17)13-27/h2-10,12,28H,11,13-15,27H2,1H3,(H,29,30). The Morgan fingerprint density at radius 3 is 2.61 bits per heavy atom. The van der Waals surface area contributed by atoms with Crippen molar-refractivity contribution >= 4 is 16.9 Å². The molecule has 0 unspecified atom stereocenters. The lowest BCUT2D eigenvalue weighted by Crippen LogP contribution is -2.05. The van der Waals surface area contributed by atoms with Gasteiger partial charge in [0.15, 0.2) is 0 Å². The van der Waals surface area contributed by atoms with Gasteiger partial charge in [-0.3, -0.25) is 4.79 Å². The summed E-state index contributed by atoms with van der Waals surface area (Å²) in [4.78, 5) is 11.3. The molecule has 0 atom stereocenters. The first kappa shape index (κ1) is 22.4. The highest BCUT2D eigenvalue weighted by molar-refractivity contribution is 5.87. The normalized spacial score (nSPS) is 11.0. The van der Waals surface area contributed by atoms with Crippen molar-refractivity contribution in [3.05, 3.63) is 83.1 Å². The number of rotatable bonds is 9. The van der Waals surface area contributed by atoms with Crippen molar-refractivity contribution in [2.24, 2.45) is 5.73 Å².